The number of halogens is 2. The van der Waals surface area contributed by atoms with Gasteiger partial charge in [-0.3, -0.25) is 4.79 Å². The van der Waals surface area contributed by atoms with E-state index in [9.17, 15) is 9.59 Å². The number of nitrogens with zero attached hydrogens (tertiary/aromatic N) is 1. The van der Waals surface area contributed by atoms with Crippen LogP contribution in [-0.2, 0) is 4.79 Å². The molecule has 0 radical (unpaired) electrons. The van der Waals surface area contributed by atoms with Crippen molar-refractivity contribution in [1.29, 1.82) is 0 Å². The minimum Gasteiger partial charge on any atom is -0.483 e. The van der Waals surface area contributed by atoms with E-state index in [-0.39, 0.29) is 6.61 Å². The second-order valence-electron chi connectivity index (χ2n) is 7.88. The zero-order valence-corrected chi connectivity index (χ0v) is 22.3. The summed E-state index contributed by atoms with van der Waals surface area (Å²) in [5.74, 6) is 0.0222. The lowest BCUT2D eigenvalue weighted by Gasteiger charge is -2.09. The number of amides is 1. The second-order valence-corrected chi connectivity index (χ2v) is 10.1. The molecule has 0 aliphatic heterocycles. The van der Waals surface area contributed by atoms with E-state index in [1.807, 2.05) is 60.7 Å². The number of carbonyl (C=O) groups is 2. The maximum atomic E-state index is 12.6. The highest BCUT2D eigenvalue weighted by Crippen LogP contribution is 2.36. The highest BCUT2D eigenvalue weighted by molar-refractivity contribution is 9.10. The molecule has 5 aromatic rings. The van der Waals surface area contributed by atoms with Crippen molar-refractivity contribution in [1.82, 2.24) is 5.43 Å². The van der Waals surface area contributed by atoms with Crippen molar-refractivity contribution in [3.05, 3.63) is 105 Å². The van der Waals surface area contributed by atoms with Gasteiger partial charge in [0, 0.05) is 10.1 Å². The topological polar surface area (TPSA) is 77.0 Å². The van der Waals surface area contributed by atoms with Crippen LogP contribution in [0.25, 0.3) is 20.9 Å². The molecule has 0 aliphatic rings. The summed E-state index contributed by atoms with van der Waals surface area (Å²) in [5.41, 5.74) is 3.14. The van der Waals surface area contributed by atoms with Crippen molar-refractivity contribution >= 4 is 77.8 Å². The smallest absolute Gasteiger partial charge is 0.355 e. The zero-order valence-electron chi connectivity index (χ0n) is 19.1. The number of ether oxygens (including phenoxy) is 2. The molecule has 4 aromatic carbocycles. The lowest BCUT2D eigenvalue weighted by atomic mass is 10.1. The third-order valence-electron chi connectivity index (χ3n) is 5.40. The van der Waals surface area contributed by atoms with Crippen LogP contribution in [0.1, 0.15) is 15.2 Å². The van der Waals surface area contributed by atoms with Gasteiger partial charge in [0.05, 0.1) is 15.7 Å². The van der Waals surface area contributed by atoms with E-state index in [1.54, 1.807) is 24.3 Å². The summed E-state index contributed by atoms with van der Waals surface area (Å²) in [6, 6.07) is 25.9. The maximum absolute atomic E-state index is 12.6. The molecule has 0 atom stereocenters. The number of benzene rings is 4. The summed E-state index contributed by atoms with van der Waals surface area (Å²) in [4.78, 5) is 25.1. The highest BCUT2D eigenvalue weighted by Gasteiger charge is 2.19. The minimum atomic E-state index is -0.516. The van der Waals surface area contributed by atoms with E-state index in [0.717, 1.165) is 25.3 Å². The van der Waals surface area contributed by atoms with Crippen molar-refractivity contribution in [3.63, 3.8) is 0 Å². The van der Waals surface area contributed by atoms with Crippen LogP contribution in [0.5, 0.6) is 11.5 Å². The molecule has 6 nitrogen and oxygen atoms in total. The van der Waals surface area contributed by atoms with Gasteiger partial charge in [-0.2, -0.15) is 5.10 Å². The lowest BCUT2D eigenvalue weighted by Crippen LogP contribution is -2.24. The summed E-state index contributed by atoms with van der Waals surface area (Å²) in [5, 5.41) is 7.24. The van der Waals surface area contributed by atoms with Crippen molar-refractivity contribution < 1.29 is 19.1 Å². The molecule has 5 rings (SSSR count). The largest absolute Gasteiger partial charge is 0.483 e. The monoisotopic (exact) mass is 592 g/mol. The Hall–Kier alpha value is -3.72. The molecule has 0 fully saturated rings. The number of hydrogen-bond donors (Lipinski definition) is 1. The molecular formula is C28H18BrClN2O4S. The van der Waals surface area contributed by atoms with Gasteiger partial charge in [-0.25, -0.2) is 10.2 Å². The van der Waals surface area contributed by atoms with E-state index >= 15 is 0 Å². The Labute approximate surface area is 229 Å². The lowest BCUT2D eigenvalue weighted by molar-refractivity contribution is -0.123. The van der Waals surface area contributed by atoms with E-state index in [0.29, 0.717) is 27.0 Å². The molecule has 0 bridgehead atoms. The number of rotatable bonds is 7. The zero-order chi connectivity index (χ0) is 25.8. The van der Waals surface area contributed by atoms with Crippen LogP contribution in [0, 0.1) is 0 Å². The predicted molar refractivity (Wildman–Crippen MR) is 151 cm³/mol. The van der Waals surface area contributed by atoms with Crippen LogP contribution in [0.4, 0.5) is 0 Å². The average molecular weight is 594 g/mol. The van der Waals surface area contributed by atoms with Gasteiger partial charge in [0.2, 0.25) is 0 Å². The van der Waals surface area contributed by atoms with Gasteiger partial charge in [0.1, 0.15) is 16.4 Å². The Bertz CT molecular complexity index is 1650. The SMILES string of the molecule is O=C(COc1ccc2ccccc2c1Br)N/N=C\c1ccc(OC(=O)c2sc3ccccc3c2Cl)cc1. The van der Waals surface area contributed by atoms with E-state index in [4.69, 9.17) is 21.1 Å². The number of carbonyl (C=O) groups excluding carboxylic acids is 2. The van der Waals surface area contributed by atoms with Gasteiger partial charge in [-0.15, -0.1) is 11.3 Å². The van der Waals surface area contributed by atoms with Gasteiger partial charge in [-0.05, 0) is 68.7 Å². The van der Waals surface area contributed by atoms with Gasteiger partial charge < -0.3 is 9.47 Å². The second kappa shape index (κ2) is 11.1. The fourth-order valence-electron chi connectivity index (χ4n) is 3.60. The molecule has 1 heterocycles. The van der Waals surface area contributed by atoms with Crippen molar-refractivity contribution in [3.8, 4) is 11.5 Å². The first-order valence-electron chi connectivity index (χ1n) is 11.1. The summed E-state index contributed by atoms with van der Waals surface area (Å²) in [6.07, 6.45) is 1.48. The quantitative estimate of drug-likeness (QED) is 0.0936. The molecule has 0 spiro atoms. The maximum Gasteiger partial charge on any atom is 0.355 e. The molecule has 0 saturated carbocycles. The van der Waals surface area contributed by atoms with Gasteiger partial charge in [-0.1, -0.05) is 60.1 Å². The van der Waals surface area contributed by atoms with Crippen LogP contribution in [0.15, 0.2) is 94.5 Å². The van der Waals surface area contributed by atoms with Crippen LogP contribution in [0.2, 0.25) is 5.02 Å². The Balaban J connectivity index is 1.14. The average Bonchev–Trinajstić information content (AvgIpc) is 3.26. The van der Waals surface area contributed by atoms with Crippen LogP contribution >= 0.6 is 38.9 Å². The van der Waals surface area contributed by atoms with E-state index in [2.05, 4.69) is 26.5 Å². The first-order chi connectivity index (χ1) is 18.0. The Morgan fingerprint density at radius 3 is 2.46 bits per heavy atom. The molecule has 1 aromatic heterocycles. The van der Waals surface area contributed by atoms with Crippen LogP contribution in [-0.4, -0.2) is 24.7 Å². The molecule has 9 heteroatoms. The fraction of sp³-hybridized carbons (Fsp3) is 0.0357. The van der Waals surface area contributed by atoms with Crippen LogP contribution < -0.4 is 14.9 Å². The molecule has 0 unspecified atom stereocenters. The standard InChI is InChI=1S/C28H18BrClN2O4S/c29-25-20-6-2-1-5-18(20)11-14-22(25)35-16-24(33)32-31-15-17-9-12-19(13-10-17)36-28(34)27-26(30)21-7-3-4-8-23(21)37-27/h1-15H,16H2,(H,32,33)/b31-15-. The minimum absolute atomic E-state index is 0.191. The highest BCUT2D eigenvalue weighted by atomic mass is 79.9. The normalized spacial score (nSPS) is 11.2. The Morgan fingerprint density at radius 1 is 0.946 bits per heavy atom. The molecular weight excluding hydrogens is 576 g/mol. The third-order valence-corrected chi connectivity index (χ3v) is 7.87. The number of esters is 1. The predicted octanol–water partition coefficient (Wildman–Crippen LogP) is 7.22. The number of hydrogen-bond acceptors (Lipinski definition) is 6. The summed E-state index contributed by atoms with van der Waals surface area (Å²) in [6.45, 7) is -0.191. The first-order valence-corrected chi connectivity index (χ1v) is 13.1. The van der Waals surface area contributed by atoms with E-state index < -0.39 is 11.9 Å². The summed E-state index contributed by atoms with van der Waals surface area (Å²) in [7, 11) is 0. The van der Waals surface area contributed by atoms with Crippen molar-refractivity contribution in [2.24, 2.45) is 5.10 Å². The Morgan fingerprint density at radius 2 is 1.68 bits per heavy atom. The van der Waals surface area contributed by atoms with Crippen molar-refractivity contribution in [2.75, 3.05) is 6.61 Å². The number of hydrazone groups is 1. The summed E-state index contributed by atoms with van der Waals surface area (Å²) >= 11 is 11.2. The summed E-state index contributed by atoms with van der Waals surface area (Å²) < 4.78 is 12.8. The number of fused-ring (bicyclic) bond motifs is 2. The third kappa shape index (κ3) is 5.67. The molecule has 37 heavy (non-hydrogen) atoms. The van der Waals surface area contributed by atoms with E-state index in [1.165, 1.54) is 17.6 Å². The van der Waals surface area contributed by atoms with Gasteiger partial charge >= 0.3 is 5.97 Å². The Kier molecular flexibility index (Phi) is 7.50. The van der Waals surface area contributed by atoms with Gasteiger partial charge in [0.15, 0.2) is 6.61 Å². The number of nitrogens with one attached hydrogen (secondary N) is 1. The van der Waals surface area contributed by atoms with Crippen molar-refractivity contribution in [2.45, 2.75) is 0 Å². The fourth-order valence-corrected chi connectivity index (χ4v) is 5.59. The molecule has 0 saturated heterocycles. The molecule has 1 amide bonds. The molecule has 0 aliphatic carbocycles. The van der Waals surface area contributed by atoms with Crippen LogP contribution in [0.3, 0.4) is 0 Å². The van der Waals surface area contributed by atoms with Gasteiger partial charge in [0.25, 0.3) is 5.91 Å². The molecule has 1 N–H and O–H groups in total. The first kappa shape index (κ1) is 25.0. The molecule has 184 valence electrons. The number of thiophene rings is 1.